The molecule has 1 amide bonds. The molecule has 0 aliphatic carbocycles. The summed E-state index contributed by atoms with van der Waals surface area (Å²) in [6, 6.07) is 24.2. The van der Waals surface area contributed by atoms with Crippen LogP contribution in [0.25, 0.3) is 22.5 Å². The molecule has 0 saturated carbocycles. The van der Waals surface area contributed by atoms with Crippen LogP contribution < -0.4 is 5.32 Å². The second kappa shape index (κ2) is 9.04. The first-order chi connectivity index (χ1) is 14.6. The monoisotopic (exact) mass is 507 g/mol. The normalized spacial score (nSPS) is 10.6. The Hall–Kier alpha value is -3.26. The summed E-state index contributed by atoms with van der Waals surface area (Å²) in [4.78, 5) is 21.9. The Kier molecular flexibility index (Phi) is 6.04. The van der Waals surface area contributed by atoms with Gasteiger partial charge in [-0.2, -0.15) is 0 Å². The Morgan fingerprint density at radius 2 is 1.60 bits per heavy atom. The number of phenols is 1. The van der Waals surface area contributed by atoms with Crippen LogP contribution in [0, 0.1) is 3.57 Å². The molecule has 0 spiro atoms. The molecule has 5 nitrogen and oxygen atoms in total. The van der Waals surface area contributed by atoms with E-state index in [1.54, 1.807) is 30.5 Å². The number of hydrogen-bond donors (Lipinski definition) is 2. The molecule has 0 atom stereocenters. The Labute approximate surface area is 188 Å². The predicted molar refractivity (Wildman–Crippen MR) is 126 cm³/mol. The largest absolute Gasteiger partial charge is 0.508 e. The van der Waals surface area contributed by atoms with E-state index >= 15 is 0 Å². The molecule has 0 aliphatic rings. The number of halogens is 1. The van der Waals surface area contributed by atoms with Crippen molar-refractivity contribution in [3.8, 4) is 28.3 Å². The molecule has 0 fully saturated rings. The Bertz CT molecular complexity index is 1160. The number of aromatic hydroxyl groups is 1. The highest BCUT2D eigenvalue weighted by atomic mass is 127. The van der Waals surface area contributed by atoms with Crippen molar-refractivity contribution in [2.45, 2.75) is 6.42 Å². The van der Waals surface area contributed by atoms with Gasteiger partial charge in [0.2, 0.25) is 5.91 Å². The highest BCUT2D eigenvalue weighted by Crippen LogP contribution is 2.28. The summed E-state index contributed by atoms with van der Waals surface area (Å²) in [5.41, 5.74) is 3.87. The van der Waals surface area contributed by atoms with E-state index in [1.165, 1.54) is 0 Å². The molecule has 0 radical (unpaired) electrons. The van der Waals surface area contributed by atoms with Gasteiger partial charge in [-0.05, 0) is 64.6 Å². The molecular formula is C24H18IN3O2. The zero-order valence-electron chi connectivity index (χ0n) is 15.9. The van der Waals surface area contributed by atoms with Crippen molar-refractivity contribution >= 4 is 34.3 Å². The van der Waals surface area contributed by atoms with Gasteiger partial charge < -0.3 is 10.4 Å². The van der Waals surface area contributed by atoms with Gasteiger partial charge in [0, 0.05) is 14.7 Å². The summed E-state index contributed by atoms with van der Waals surface area (Å²) < 4.78 is 1.12. The molecule has 30 heavy (non-hydrogen) atoms. The summed E-state index contributed by atoms with van der Waals surface area (Å²) >= 11 is 2.24. The predicted octanol–water partition coefficient (Wildman–Crippen LogP) is 5.30. The first-order valence-electron chi connectivity index (χ1n) is 9.34. The van der Waals surface area contributed by atoms with Crippen molar-refractivity contribution in [2.75, 3.05) is 5.32 Å². The van der Waals surface area contributed by atoms with Crippen molar-refractivity contribution in [2.24, 2.45) is 0 Å². The number of nitrogens with one attached hydrogen (secondary N) is 1. The Morgan fingerprint density at radius 3 is 2.30 bits per heavy atom. The molecule has 4 rings (SSSR count). The second-order valence-corrected chi connectivity index (χ2v) is 7.96. The standard InChI is InChI=1S/C24H18IN3O2/c25-19-10-6-16(7-11-19)14-22(30)28-24-23(18-4-2-1-3-5-18)27-21(15-26-24)17-8-12-20(29)13-9-17/h1-13,15,29H,14H2,(H,26,28,30). The van der Waals surface area contributed by atoms with Gasteiger partial charge in [0.05, 0.1) is 18.3 Å². The van der Waals surface area contributed by atoms with E-state index in [-0.39, 0.29) is 18.1 Å². The summed E-state index contributed by atoms with van der Waals surface area (Å²) in [5, 5.41) is 12.4. The van der Waals surface area contributed by atoms with Crippen molar-refractivity contribution in [1.29, 1.82) is 0 Å². The van der Waals surface area contributed by atoms with Crippen LogP contribution in [-0.2, 0) is 11.2 Å². The van der Waals surface area contributed by atoms with Crippen LogP contribution in [0.5, 0.6) is 5.75 Å². The molecule has 0 saturated heterocycles. The molecular weight excluding hydrogens is 489 g/mol. The third-order valence-electron chi connectivity index (χ3n) is 4.52. The number of carbonyl (C=O) groups is 1. The van der Waals surface area contributed by atoms with Crippen LogP contribution >= 0.6 is 22.6 Å². The zero-order chi connectivity index (χ0) is 20.9. The molecule has 148 valence electrons. The fourth-order valence-electron chi connectivity index (χ4n) is 3.01. The Balaban J connectivity index is 1.65. The highest BCUT2D eigenvalue weighted by molar-refractivity contribution is 14.1. The minimum Gasteiger partial charge on any atom is -0.508 e. The van der Waals surface area contributed by atoms with E-state index in [9.17, 15) is 9.90 Å². The minimum absolute atomic E-state index is 0.153. The lowest BCUT2D eigenvalue weighted by atomic mass is 10.1. The summed E-state index contributed by atoms with van der Waals surface area (Å²) in [6.07, 6.45) is 1.88. The summed E-state index contributed by atoms with van der Waals surface area (Å²) in [7, 11) is 0. The molecule has 0 unspecified atom stereocenters. The number of nitrogens with zero attached hydrogens (tertiary/aromatic N) is 2. The highest BCUT2D eigenvalue weighted by Gasteiger charge is 2.14. The van der Waals surface area contributed by atoms with Crippen molar-refractivity contribution in [3.63, 3.8) is 0 Å². The number of phenolic OH excluding ortho intramolecular Hbond substituents is 1. The lowest BCUT2D eigenvalue weighted by Gasteiger charge is -2.12. The van der Waals surface area contributed by atoms with E-state index in [4.69, 9.17) is 4.98 Å². The lowest BCUT2D eigenvalue weighted by molar-refractivity contribution is -0.115. The number of anilines is 1. The topological polar surface area (TPSA) is 75.1 Å². The number of hydrogen-bond acceptors (Lipinski definition) is 4. The average molecular weight is 507 g/mol. The molecule has 2 N–H and O–H groups in total. The van der Waals surface area contributed by atoms with E-state index < -0.39 is 0 Å². The first-order valence-corrected chi connectivity index (χ1v) is 10.4. The van der Waals surface area contributed by atoms with Crippen LogP contribution in [0.2, 0.25) is 0 Å². The first kappa shape index (κ1) is 20.0. The minimum atomic E-state index is -0.153. The van der Waals surface area contributed by atoms with Crippen molar-refractivity contribution < 1.29 is 9.90 Å². The molecule has 0 aliphatic heterocycles. The average Bonchev–Trinajstić information content (AvgIpc) is 2.77. The maximum absolute atomic E-state index is 12.6. The molecule has 3 aromatic carbocycles. The van der Waals surface area contributed by atoms with E-state index in [2.05, 4.69) is 32.9 Å². The molecule has 0 bridgehead atoms. The van der Waals surface area contributed by atoms with Crippen LogP contribution in [0.15, 0.2) is 85.1 Å². The van der Waals surface area contributed by atoms with E-state index in [0.717, 1.165) is 20.3 Å². The lowest BCUT2D eigenvalue weighted by Crippen LogP contribution is -2.16. The van der Waals surface area contributed by atoms with Gasteiger partial charge in [-0.15, -0.1) is 0 Å². The van der Waals surface area contributed by atoms with E-state index in [1.807, 2.05) is 54.6 Å². The summed E-state index contributed by atoms with van der Waals surface area (Å²) in [6.45, 7) is 0. The molecule has 1 heterocycles. The van der Waals surface area contributed by atoms with Gasteiger partial charge in [-0.3, -0.25) is 4.79 Å². The third kappa shape index (κ3) is 4.83. The SMILES string of the molecule is O=C(Cc1ccc(I)cc1)Nc1ncc(-c2ccc(O)cc2)nc1-c1ccccc1. The molecule has 6 heteroatoms. The third-order valence-corrected chi connectivity index (χ3v) is 5.24. The second-order valence-electron chi connectivity index (χ2n) is 6.72. The van der Waals surface area contributed by atoms with Gasteiger partial charge in [0.1, 0.15) is 11.4 Å². The quantitative estimate of drug-likeness (QED) is 0.360. The van der Waals surface area contributed by atoms with Crippen LogP contribution in [-0.4, -0.2) is 21.0 Å². The van der Waals surface area contributed by atoms with Gasteiger partial charge in [-0.1, -0.05) is 42.5 Å². The number of carbonyl (C=O) groups excluding carboxylic acids is 1. The Morgan fingerprint density at radius 1 is 0.900 bits per heavy atom. The van der Waals surface area contributed by atoms with Crippen LogP contribution in [0.1, 0.15) is 5.56 Å². The maximum Gasteiger partial charge on any atom is 0.230 e. The number of benzene rings is 3. The van der Waals surface area contributed by atoms with Crippen molar-refractivity contribution in [3.05, 3.63) is 94.2 Å². The fourth-order valence-corrected chi connectivity index (χ4v) is 3.37. The smallest absolute Gasteiger partial charge is 0.230 e. The maximum atomic E-state index is 12.6. The van der Waals surface area contributed by atoms with Crippen LogP contribution in [0.3, 0.4) is 0 Å². The van der Waals surface area contributed by atoms with E-state index in [0.29, 0.717) is 17.2 Å². The molecule has 1 aromatic heterocycles. The van der Waals surface area contributed by atoms with Crippen molar-refractivity contribution in [1.82, 2.24) is 9.97 Å². The number of aromatic nitrogens is 2. The summed E-state index contributed by atoms with van der Waals surface area (Å²) in [5.74, 6) is 0.453. The molecule has 4 aromatic rings. The van der Waals surface area contributed by atoms with Gasteiger partial charge in [0.15, 0.2) is 5.82 Å². The van der Waals surface area contributed by atoms with Gasteiger partial charge >= 0.3 is 0 Å². The van der Waals surface area contributed by atoms with Crippen LogP contribution in [0.4, 0.5) is 5.82 Å². The zero-order valence-corrected chi connectivity index (χ0v) is 18.1. The van der Waals surface area contributed by atoms with Gasteiger partial charge in [0.25, 0.3) is 0 Å². The fraction of sp³-hybridized carbons (Fsp3) is 0.0417. The number of amides is 1. The van der Waals surface area contributed by atoms with Gasteiger partial charge in [-0.25, -0.2) is 9.97 Å². The number of rotatable bonds is 5.